The molecule has 0 amide bonds. The number of nitrogens with one attached hydrogen (secondary N) is 1. The Morgan fingerprint density at radius 2 is 2.06 bits per heavy atom. The van der Waals surface area contributed by atoms with Gasteiger partial charge in [0.25, 0.3) is 0 Å². The molecule has 2 rings (SSSR count). The van der Waals surface area contributed by atoms with Gasteiger partial charge < -0.3 is 4.57 Å². The number of aromatic nitrogens is 1. The highest BCUT2D eigenvalue weighted by Gasteiger charge is 2.05. The van der Waals surface area contributed by atoms with E-state index in [9.17, 15) is 0 Å². The Labute approximate surface area is 111 Å². The molecule has 0 aliphatic rings. The standard InChI is InChI=1S/C14H14ClN3/c1-2-10-18-11-6-9-13(18)14(15)17-16-12-7-4-3-5-8-12/h2-9,11,16H,1,10H2/b17-14-. The smallest absolute Gasteiger partial charge is 0.172 e. The molecule has 0 saturated heterocycles. The van der Waals surface area contributed by atoms with Crippen molar-refractivity contribution in [2.45, 2.75) is 6.54 Å². The molecule has 0 aliphatic carbocycles. The van der Waals surface area contributed by atoms with Gasteiger partial charge in [0.15, 0.2) is 5.17 Å². The summed E-state index contributed by atoms with van der Waals surface area (Å²) in [6.07, 6.45) is 3.76. The van der Waals surface area contributed by atoms with Gasteiger partial charge >= 0.3 is 0 Å². The van der Waals surface area contributed by atoms with Gasteiger partial charge in [-0.1, -0.05) is 35.9 Å². The molecule has 18 heavy (non-hydrogen) atoms. The summed E-state index contributed by atoms with van der Waals surface area (Å²) < 4.78 is 1.98. The number of nitrogens with zero attached hydrogens (tertiary/aromatic N) is 2. The van der Waals surface area contributed by atoms with E-state index in [1.165, 1.54) is 0 Å². The molecule has 1 aromatic heterocycles. The van der Waals surface area contributed by atoms with Crippen LogP contribution in [0.2, 0.25) is 0 Å². The van der Waals surface area contributed by atoms with E-state index in [1.807, 2.05) is 59.3 Å². The lowest BCUT2D eigenvalue weighted by molar-refractivity contribution is 0.824. The van der Waals surface area contributed by atoms with E-state index in [1.54, 1.807) is 0 Å². The third-order valence-corrected chi connectivity index (χ3v) is 2.70. The summed E-state index contributed by atoms with van der Waals surface area (Å²) in [5.41, 5.74) is 4.68. The van der Waals surface area contributed by atoms with Crippen molar-refractivity contribution in [3.63, 3.8) is 0 Å². The third-order valence-electron chi connectivity index (χ3n) is 2.42. The minimum absolute atomic E-state index is 0.422. The van der Waals surface area contributed by atoms with Crippen molar-refractivity contribution in [1.29, 1.82) is 0 Å². The van der Waals surface area contributed by atoms with E-state index in [4.69, 9.17) is 11.6 Å². The molecular weight excluding hydrogens is 246 g/mol. The van der Waals surface area contributed by atoms with Crippen LogP contribution in [0.15, 0.2) is 66.4 Å². The van der Waals surface area contributed by atoms with E-state index in [-0.39, 0.29) is 0 Å². The highest BCUT2D eigenvalue weighted by molar-refractivity contribution is 6.69. The second-order valence-corrected chi connectivity index (χ2v) is 4.07. The maximum Gasteiger partial charge on any atom is 0.172 e. The van der Waals surface area contributed by atoms with Crippen molar-refractivity contribution in [1.82, 2.24) is 4.57 Å². The Kier molecular flexibility index (Phi) is 4.20. The van der Waals surface area contributed by atoms with E-state index >= 15 is 0 Å². The zero-order valence-corrected chi connectivity index (χ0v) is 10.6. The van der Waals surface area contributed by atoms with Gasteiger partial charge in [0.05, 0.1) is 11.4 Å². The predicted molar refractivity (Wildman–Crippen MR) is 77.1 cm³/mol. The Morgan fingerprint density at radius 3 is 2.78 bits per heavy atom. The number of allylic oxidation sites excluding steroid dienone is 1. The number of rotatable bonds is 5. The van der Waals surface area contributed by atoms with Crippen molar-refractivity contribution in [3.8, 4) is 0 Å². The van der Waals surface area contributed by atoms with Gasteiger partial charge in [-0.05, 0) is 24.3 Å². The highest BCUT2D eigenvalue weighted by atomic mass is 35.5. The summed E-state index contributed by atoms with van der Waals surface area (Å²) in [6.45, 7) is 4.42. The van der Waals surface area contributed by atoms with Crippen LogP contribution in [0.1, 0.15) is 5.69 Å². The number of benzene rings is 1. The first-order valence-electron chi connectivity index (χ1n) is 5.62. The molecule has 4 heteroatoms. The van der Waals surface area contributed by atoms with E-state index in [2.05, 4.69) is 17.1 Å². The quantitative estimate of drug-likeness (QED) is 0.495. The molecule has 3 nitrogen and oxygen atoms in total. The highest BCUT2D eigenvalue weighted by Crippen LogP contribution is 2.10. The lowest BCUT2D eigenvalue weighted by Gasteiger charge is -2.05. The second kappa shape index (κ2) is 6.07. The fraction of sp³-hybridized carbons (Fsp3) is 0.0714. The van der Waals surface area contributed by atoms with Crippen LogP contribution in [0.3, 0.4) is 0 Å². The molecule has 0 bridgehead atoms. The molecule has 1 heterocycles. The number of halogens is 1. The van der Waals surface area contributed by atoms with Gasteiger partial charge in [-0.2, -0.15) is 5.10 Å². The average Bonchev–Trinajstić information content (AvgIpc) is 2.86. The van der Waals surface area contributed by atoms with Crippen molar-refractivity contribution in [3.05, 3.63) is 67.0 Å². The number of para-hydroxylation sites is 1. The number of hydrogen-bond acceptors (Lipinski definition) is 2. The molecule has 0 radical (unpaired) electrons. The summed E-state index contributed by atoms with van der Waals surface area (Å²) in [4.78, 5) is 0. The predicted octanol–water partition coefficient (Wildman–Crippen LogP) is 3.69. The van der Waals surface area contributed by atoms with Gasteiger partial charge in [-0.25, -0.2) is 0 Å². The fourth-order valence-corrected chi connectivity index (χ4v) is 1.80. The Morgan fingerprint density at radius 1 is 1.28 bits per heavy atom. The van der Waals surface area contributed by atoms with Crippen LogP contribution in [0, 0.1) is 0 Å². The minimum Gasteiger partial charge on any atom is -0.342 e. The summed E-state index contributed by atoms with van der Waals surface area (Å²) in [7, 11) is 0. The molecule has 2 aromatic rings. The van der Waals surface area contributed by atoms with Crippen LogP contribution in [0.25, 0.3) is 0 Å². The first-order valence-corrected chi connectivity index (χ1v) is 5.99. The summed E-state index contributed by atoms with van der Waals surface area (Å²) in [5.74, 6) is 0. The zero-order valence-electron chi connectivity index (χ0n) is 9.88. The van der Waals surface area contributed by atoms with E-state index < -0.39 is 0 Å². The van der Waals surface area contributed by atoms with Gasteiger partial charge in [0.1, 0.15) is 0 Å². The SMILES string of the molecule is C=CCn1cccc1/C(Cl)=N/Nc1ccccc1. The van der Waals surface area contributed by atoms with Crippen LogP contribution in [-0.2, 0) is 6.54 Å². The van der Waals surface area contributed by atoms with Gasteiger partial charge in [-0.3, -0.25) is 5.43 Å². The Hall–Kier alpha value is -2.00. The van der Waals surface area contributed by atoms with Crippen LogP contribution in [-0.4, -0.2) is 9.74 Å². The molecule has 0 saturated carbocycles. The largest absolute Gasteiger partial charge is 0.342 e. The second-order valence-electron chi connectivity index (χ2n) is 3.71. The van der Waals surface area contributed by atoms with Crippen molar-refractivity contribution < 1.29 is 0 Å². The maximum absolute atomic E-state index is 6.17. The van der Waals surface area contributed by atoms with Crippen molar-refractivity contribution in [2.75, 3.05) is 5.43 Å². The molecule has 1 N–H and O–H groups in total. The molecule has 0 unspecified atom stereocenters. The first-order chi connectivity index (χ1) is 8.81. The summed E-state index contributed by atoms with van der Waals surface area (Å²) in [6, 6.07) is 13.5. The molecular formula is C14H14ClN3. The van der Waals surface area contributed by atoms with Gasteiger partial charge in [0, 0.05) is 12.7 Å². The molecule has 0 aliphatic heterocycles. The van der Waals surface area contributed by atoms with Crippen LogP contribution in [0.4, 0.5) is 5.69 Å². The third kappa shape index (κ3) is 3.02. The Balaban J connectivity index is 2.13. The molecule has 0 fully saturated rings. The molecule has 0 atom stereocenters. The minimum atomic E-state index is 0.422. The van der Waals surface area contributed by atoms with E-state index in [0.717, 1.165) is 11.4 Å². The van der Waals surface area contributed by atoms with Gasteiger partial charge in [0.2, 0.25) is 0 Å². The summed E-state index contributed by atoms with van der Waals surface area (Å²) in [5, 5.41) is 4.58. The van der Waals surface area contributed by atoms with Crippen LogP contribution < -0.4 is 5.43 Å². The lowest BCUT2D eigenvalue weighted by Crippen LogP contribution is -2.05. The molecule has 92 valence electrons. The maximum atomic E-state index is 6.17. The lowest BCUT2D eigenvalue weighted by atomic mass is 10.3. The fourth-order valence-electron chi connectivity index (χ4n) is 1.58. The summed E-state index contributed by atoms with van der Waals surface area (Å²) >= 11 is 6.17. The van der Waals surface area contributed by atoms with Crippen molar-refractivity contribution >= 4 is 22.5 Å². The number of anilines is 1. The number of hydrogen-bond donors (Lipinski definition) is 1. The topological polar surface area (TPSA) is 29.3 Å². The molecule has 1 aromatic carbocycles. The van der Waals surface area contributed by atoms with Crippen LogP contribution >= 0.6 is 11.6 Å². The number of hydrazone groups is 1. The van der Waals surface area contributed by atoms with Crippen molar-refractivity contribution in [2.24, 2.45) is 5.10 Å². The Bertz CT molecular complexity index is 543. The molecule has 0 spiro atoms. The van der Waals surface area contributed by atoms with Crippen LogP contribution in [0.5, 0.6) is 0 Å². The normalized spacial score (nSPS) is 11.3. The van der Waals surface area contributed by atoms with E-state index in [0.29, 0.717) is 11.7 Å². The first kappa shape index (κ1) is 12.5. The monoisotopic (exact) mass is 259 g/mol. The average molecular weight is 260 g/mol. The van der Waals surface area contributed by atoms with Gasteiger partial charge in [-0.15, -0.1) is 6.58 Å². The zero-order chi connectivity index (χ0) is 12.8.